The topological polar surface area (TPSA) is 58.6 Å². The van der Waals surface area contributed by atoms with Crippen molar-refractivity contribution in [2.75, 3.05) is 18.5 Å². The van der Waals surface area contributed by atoms with Gasteiger partial charge in [0.1, 0.15) is 0 Å². The summed E-state index contributed by atoms with van der Waals surface area (Å²) in [6.45, 7) is 6.88. The number of benzene rings is 1. The molecule has 1 aliphatic rings. The van der Waals surface area contributed by atoms with Crippen LogP contribution in [-0.2, 0) is 9.53 Å². The first kappa shape index (κ1) is 17.5. The van der Waals surface area contributed by atoms with Gasteiger partial charge < -0.3 is 10.1 Å². The summed E-state index contributed by atoms with van der Waals surface area (Å²) >= 11 is 0. The molecule has 1 aromatic rings. The highest BCUT2D eigenvalue weighted by Crippen LogP contribution is 2.22. The van der Waals surface area contributed by atoms with E-state index in [4.69, 9.17) is 4.74 Å². The molecule has 2 unspecified atom stereocenters. The molecule has 0 bridgehead atoms. The quantitative estimate of drug-likeness (QED) is 0.848. The molecule has 5 nitrogen and oxygen atoms in total. The summed E-state index contributed by atoms with van der Waals surface area (Å²) in [7, 11) is 0. The van der Waals surface area contributed by atoms with Gasteiger partial charge in [0.05, 0.1) is 18.7 Å². The molecule has 126 valence electrons. The van der Waals surface area contributed by atoms with E-state index >= 15 is 0 Å². The van der Waals surface area contributed by atoms with Crippen molar-refractivity contribution in [1.29, 1.82) is 0 Å². The Morgan fingerprint density at radius 3 is 2.35 bits per heavy atom. The van der Waals surface area contributed by atoms with Gasteiger partial charge >= 0.3 is 5.97 Å². The highest BCUT2D eigenvalue weighted by atomic mass is 16.5. The zero-order valence-electron chi connectivity index (χ0n) is 14.2. The summed E-state index contributed by atoms with van der Waals surface area (Å²) in [5, 5.41) is 2.90. The maximum absolute atomic E-state index is 12.2. The number of carbonyl (C=O) groups excluding carboxylic acids is 2. The molecular formula is C18H26N2O3. The van der Waals surface area contributed by atoms with Gasteiger partial charge in [-0.15, -0.1) is 0 Å². The van der Waals surface area contributed by atoms with Crippen LogP contribution in [0, 0.1) is 0 Å². The van der Waals surface area contributed by atoms with E-state index in [2.05, 4.69) is 24.1 Å². The number of hydrogen-bond donors (Lipinski definition) is 1. The normalized spacial score (nSPS) is 21.7. The van der Waals surface area contributed by atoms with Crippen molar-refractivity contribution in [2.45, 2.75) is 52.1 Å². The summed E-state index contributed by atoms with van der Waals surface area (Å²) in [5.74, 6) is -0.365. The highest BCUT2D eigenvalue weighted by Gasteiger charge is 2.26. The van der Waals surface area contributed by atoms with Crippen LogP contribution in [0.2, 0.25) is 0 Å². The van der Waals surface area contributed by atoms with Gasteiger partial charge in [-0.2, -0.15) is 0 Å². The van der Waals surface area contributed by atoms with Gasteiger partial charge in [0.25, 0.3) is 0 Å². The molecule has 2 rings (SSSR count). The molecule has 1 amide bonds. The van der Waals surface area contributed by atoms with Gasteiger partial charge in [0.2, 0.25) is 5.91 Å². The Kier molecular flexibility index (Phi) is 6.16. The minimum absolute atomic E-state index is 0.0190. The van der Waals surface area contributed by atoms with Crippen LogP contribution in [0.4, 0.5) is 5.69 Å². The third-order valence-electron chi connectivity index (χ3n) is 4.38. The van der Waals surface area contributed by atoms with Gasteiger partial charge in [-0.1, -0.05) is 6.42 Å². The predicted molar refractivity (Wildman–Crippen MR) is 90.5 cm³/mol. The second-order valence-electron chi connectivity index (χ2n) is 6.15. The van der Waals surface area contributed by atoms with Gasteiger partial charge in [-0.25, -0.2) is 4.79 Å². The second-order valence-corrected chi connectivity index (χ2v) is 6.15. The zero-order chi connectivity index (χ0) is 16.8. The fraction of sp³-hybridized carbons (Fsp3) is 0.556. The molecule has 23 heavy (non-hydrogen) atoms. The van der Waals surface area contributed by atoms with Crippen molar-refractivity contribution < 1.29 is 14.3 Å². The summed E-state index contributed by atoms with van der Waals surface area (Å²) in [5.41, 5.74) is 1.18. The van der Waals surface area contributed by atoms with E-state index in [1.165, 1.54) is 6.42 Å². The fourth-order valence-electron chi connectivity index (χ4n) is 3.06. The van der Waals surface area contributed by atoms with E-state index in [0.717, 1.165) is 12.8 Å². The van der Waals surface area contributed by atoms with Gasteiger partial charge in [0.15, 0.2) is 0 Å². The van der Waals surface area contributed by atoms with Crippen LogP contribution >= 0.6 is 0 Å². The molecular weight excluding hydrogens is 292 g/mol. The monoisotopic (exact) mass is 318 g/mol. The van der Waals surface area contributed by atoms with Gasteiger partial charge in [-0.05, 0) is 57.9 Å². The first-order chi connectivity index (χ1) is 11.0. The number of ether oxygens (including phenoxy) is 1. The number of esters is 1. The van der Waals surface area contributed by atoms with Crippen LogP contribution in [0.5, 0.6) is 0 Å². The Labute approximate surface area is 138 Å². The summed E-state index contributed by atoms with van der Waals surface area (Å²) in [6.07, 6.45) is 3.52. The number of nitrogens with zero attached hydrogens (tertiary/aromatic N) is 1. The first-order valence-corrected chi connectivity index (χ1v) is 8.34. The largest absolute Gasteiger partial charge is 0.462 e. The van der Waals surface area contributed by atoms with Crippen LogP contribution in [0.1, 0.15) is 50.4 Å². The van der Waals surface area contributed by atoms with Crippen LogP contribution in [-0.4, -0.2) is 42.0 Å². The number of rotatable bonds is 5. The lowest BCUT2D eigenvalue weighted by Gasteiger charge is -2.38. The summed E-state index contributed by atoms with van der Waals surface area (Å²) in [6, 6.07) is 7.67. The lowest BCUT2D eigenvalue weighted by atomic mass is 9.97. The lowest BCUT2D eigenvalue weighted by Crippen LogP contribution is -2.47. The Balaban J connectivity index is 1.91. The van der Waals surface area contributed by atoms with Crippen molar-refractivity contribution >= 4 is 17.6 Å². The minimum Gasteiger partial charge on any atom is -0.462 e. The van der Waals surface area contributed by atoms with Crippen LogP contribution in [0.25, 0.3) is 0 Å². The van der Waals surface area contributed by atoms with Crippen molar-refractivity contribution in [2.24, 2.45) is 0 Å². The Morgan fingerprint density at radius 1 is 1.17 bits per heavy atom. The average Bonchev–Trinajstić information content (AvgIpc) is 2.52. The molecule has 2 atom stereocenters. The van der Waals surface area contributed by atoms with Crippen LogP contribution < -0.4 is 5.32 Å². The standard InChI is InChI=1S/C18H26N2O3/c1-4-23-18(22)15-8-10-16(11-9-15)19-17(21)12-20-13(2)6-5-7-14(20)3/h8-11,13-14H,4-7,12H2,1-3H3,(H,19,21). The van der Waals surface area contributed by atoms with Gasteiger partial charge in [0, 0.05) is 17.8 Å². The smallest absolute Gasteiger partial charge is 0.338 e. The molecule has 1 fully saturated rings. The van der Waals surface area contributed by atoms with E-state index in [9.17, 15) is 9.59 Å². The average molecular weight is 318 g/mol. The SMILES string of the molecule is CCOC(=O)c1ccc(NC(=O)CN2C(C)CCCC2C)cc1. The molecule has 1 saturated heterocycles. The minimum atomic E-state index is -0.346. The fourth-order valence-corrected chi connectivity index (χ4v) is 3.06. The van der Waals surface area contributed by atoms with Crippen molar-refractivity contribution in [3.63, 3.8) is 0 Å². The summed E-state index contributed by atoms with van der Waals surface area (Å²) in [4.78, 5) is 26.1. The Bertz CT molecular complexity index is 532. The number of nitrogens with one attached hydrogen (secondary N) is 1. The number of anilines is 1. The maximum Gasteiger partial charge on any atom is 0.338 e. The number of piperidine rings is 1. The van der Waals surface area contributed by atoms with E-state index in [1.54, 1.807) is 31.2 Å². The van der Waals surface area contributed by atoms with Gasteiger partial charge in [-0.3, -0.25) is 9.69 Å². The number of likely N-dealkylation sites (tertiary alicyclic amines) is 1. The van der Waals surface area contributed by atoms with Crippen molar-refractivity contribution in [3.8, 4) is 0 Å². The third kappa shape index (κ3) is 4.79. The first-order valence-electron chi connectivity index (χ1n) is 8.34. The van der Waals surface area contributed by atoms with Crippen LogP contribution in [0.3, 0.4) is 0 Å². The predicted octanol–water partition coefficient (Wildman–Crippen LogP) is 3.06. The molecule has 1 aliphatic heterocycles. The molecule has 5 heteroatoms. The third-order valence-corrected chi connectivity index (χ3v) is 4.38. The molecule has 0 saturated carbocycles. The molecule has 0 spiro atoms. The van der Waals surface area contributed by atoms with E-state index < -0.39 is 0 Å². The second kappa shape index (κ2) is 8.11. The molecule has 0 radical (unpaired) electrons. The molecule has 0 aliphatic carbocycles. The number of carbonyl (C=O) groups is 2. The lowest BCUT2D eigenvalue weighted by molar-refractivity contribution is -0.118. The van der Waals surface area contributed by atoms with E-state index in [0.29, 0.717) is 36.5 Å². The van der Waals surface area contributed by atoms with Crippen LogP contribution in [0.15, 0.2) is 24.3 Å². The molecule has 1 aromatic carbocycles. The molecule has 1 N–H and O–H groups in total. The van der Waals surface area contributed by atoms with E-state index in [-0.39, 0.29) is 11.9 Å². The van der Waals surface area contributed by atoms with Crippen molar-refractivity contribution in [1.82, 2.24) is 4.90 Å². The molecule has 0 aromatic heterocycles. The highest BCUT2D eigenvalue weighted by molar-refractivity contribution is 5.94. The number of amides is 1. The van der Waals surface area contributed by atoms with Crippen molar-refractivity contribution in [3.05, 3.63) is 29.8 Å². The maximum atomic E-state index is 12.2. The van der Waals surface area contributed by atoms with E-state index in [1.807, 2.05) is 0 Å². The Hall–Kier alpha value is -1.88. The zero-order valence-corrected chi connectivity index (χ0v) is 14.2. The Morgan fingerprint density at radius 2 is 1.78 bits per heavy atom. The number of hydrogen-bond acceptors (Lipinski definition) is 4. The molecule has 1 heterocycles. The summed E-state index contributed by atoms with van der Waals surface area (Å²) < 4.78 is 4.94.